The average Bonchev–Trinajstić information content (AvgIpc) is 2.08. The highest BCUT2D eigenvalue weighted by molar-refractivity contribution is 9.10. The van der Waals surface area contributed by atoms with Crippen LogP contribution in [0.2, 0.25) is 0 Å². The molecule has 0 aliphatic rings. The molecular formula is C11H12BrFO. The van der Waals surface area contributed by atoms with E-state index in [0.29, 0.717) is 10.0 Å². The highest BCUT2D eigenvalue weighted by Crippen LogP contribution is 2.25. The Bertz CT molecular complexity index is 356. The van der Waals surface area contributed by atoms with Gasteiger partial charge in [0.05, 0.1) is 6.10 Å². The molecule has 1 unspecified atom stereocenters. The number of hydrogen-bond donors (Lipinski definition) is 1. The zero-order valence-corrected chi connectivity index (χ0v) is 9.68. The third kappa shape index (κ3) is 2.93. The van der Waals surface area contributed by atoms with Gasteiger partial charge in [0.1, 0.15) is 5.82 Å². The van der Waals surface area contributed by atoms with Gasteiger partial charge in [-0.05, 0) is 32.0 Å². The Hall–Kier alpha value is -0.670. The van der Waals surface area contributed by atoms with Crippen molar-refractivity contribution < 1.29 is 9.50 Å². The molecule has 0 radical (unpaired) electrons. The summed E-state index contributed by atoms with van der Waals surface area (Å²) in [6.07, 6.45) is 0.921. The molecule has 0 heterocycles. The number of hydrogen-bond acceptors (Lipinski definition) is 1. The third-order valence-corrected chi connectivity index (χ3v) is 2.49. The van der Waals surface area contributed by atoms with Gasteiger partial charge in [-0.15, -0.1) is 0 Å². The van der Waals surface area contributed by atoms with Crippen LogP contribution in [0.4, 0.5) is 4.39 Å². The lowest BCUT2D eigenvalue weighted by atomic mass is 10.1. The summed E-state index contributed by atoms with van der Waals surface area (Å²) in [5, 5.41) is 9.72. The van der Waals surface area contributed by atoms with Crippen molar-refractivity contribution in [3.05, 3.63) is 45.7 Å². The molecule has 0 fully saturated rings. The molecule has 1 N–H and O–H groups in total. The van der Waals surface area contributed by atoms with E-state index in [9.17, 15) is 9.50 Å². The summed E-state index contributed by atoms with van der Waals surface area (Å²) < 4.78 is 13.6. The highest BCUT2D eigenvalue weighted by atomic mass is 79.9. The largest absolute Gasteiger partial charge is 0.384 e. The monoisotopic (exact) mass is 258 g/mol. The number of aliphatic hydroxyl groups excluding tert-OH is 1. The van der Waals surface area contributed by atoms with E-state index in [2.05, 4.69) is 15.9 Å². The summed E-state index contributed by atoms with van der Waals surface area (Å²) in [5.74, 6) is -0.343. The Morgan fingerprint density at radius 2 is 2.14 bits per heavy atom. The lowest BCUT2D eigenvalue weighted by Gasteiger charge is -2.09. The number of aliphatic hydroxyl groups is 1. The number of benzene rings is 1. The summed E-state index contributed by atoms with van der Waals surface area (Å²) in [6.45, 7) is 3.77. The molecule has 0 aromatic heterocycles. The van der Waals surface area contributed by atoms with Crippen molar-refractivity contribution in [2.45, 2.75) is 20.0 Å². The minimum atomic E-state index is -0.759. The van der Waals surface area contributed by atoms with Gasteiger partial charge in [0, 0.05) is 10.0 Å². The van der Waals surface area contributed by atoms with E-state index in [1.54, 1.807) is 12.1 Å². The fourth-order valence-corrected chi connectivity index (χ4v) is 1.63. The van der Waals surface area contributed by atoms with E-state index in [1.165, 1.54) is 12.1 Å². The van der Waals surface area contributed by atoms with Gasteiger partial charge in [0.2, 0.25) is 0 Å². The molecule has 0 aliphatic carbocycles. The first-order valence-corrected chi connectivity index (χ1v) is 5.08. The second-order valence-corrected chi connectivity index (χ2v) is 4.21. The van der Waals surface area contributed by atoms with E-state index in [1.807, 2.05) is 13.8 Å². The molecule has 0 bridgehead atoms. The van der Waals surface area contributed by atoms with Crippen LogP contribution in [-0.2, 0) is 0 Å². The first kappa shape index (κ1) is 11.4. The molecule has 0 aliphatic heterocycles. The Balaban J connectivity index is 3.05. The lowest BCUT2D eigenvalue weighted by molar-refractivity contribution is 0.226. The van der Waals surface area contributed by atoms with Gasteiger partial charge in [-0.25, -0.2) is 4.39 Å². The predicted molar refractivity (Wildman–Crippen MR) is 58.5 cm³/mol. The van der Waals surface area contributed by atoms with Crippen LogP contribution in [0.1, 0.15) is 25.5 Å². The van der Waals surface area contributed by atoms with Crippen LogP contribution in [0.15, 0.2) is 34.3 Å². The van der Waals surface area contributed by atoms with Crippen molar-refractivity contribution in [3.63, 3.8) is 0 Å². The molecule has 1 aromatic carbocycles. The molecule has 14 heavy (non-hydrogen) atoms. The van der Waals surface area contributed by atoms with Crippen LogP contribution in [0.25, 0.3) is 0 Å². The van der Waals surface area contributed by atoms with Crippen LogP contribution < -0.4 is 0 Å². The van der Waals surface area contributed by atoms with E-state index in [-0.39, 0.29) is 5.82 Å². The SMILES string of the molecule is CC(C)=CC(O)c1cc(F)ccc1Br. The first-order valence-electron chi connectivity index (χ1n) is 4.28. The van der Waals surface area contributed by atoms with Crippen LogP contribution in [0.5, 0.6) is 0 Å². The minimum absolute atomic E-state index is 0.343. The molecule has 0 saturated heterocycles. The van der Waals surface area contributed by atoms with Crippen LogP contribution in [0.3, 0.4) is 0 Å². The van der Waals surface area contributed by atoms with Gasteiger partial charge in [-0.1, -0.05) is 27.6 Å². The topological polar surface area (TPSA) is 20.2 Å². The molecule has 1 rings (SSSR count). The normalized spacial score (nSPS) is 12.4. The van der Waals surface area contributed by atoms with Gasteiger partial charge in [0.25, 0.3) is 0 Å². The molecule has 1 aromatic rings. The summed E-state index contributed by atoms with van der Waals surface area (Å²) >= 11 is 3.27. The van der Waals surface area contributed by atoms with Crippen LogP contribution >= 0.6 is 15.9 Å². The van der Waals surface area contributed by atoms with Crippen molar-refractivity contribution in [2.24, 2.45) is 0 Å². The van der Waals surface area contributed by atoms with Crippen molar-refractivity contribution in [1.29, 1.82) is 0 Å². The van der Waals surface area contributed by atoms with Crippen molar-refractivity contribution in [2.75, 3.05) is 0 Å². The minimum Gasteiger partial charge on any atom is -0.384 e. The maximum atomic E-state index is 12.9. The molecule has 1 nitrogen and oxygen atoms in total. The lowest BCUT2D eigenvalue weighted by Crippen LogP contribution is -1.96. The summed E-state index contributed by atoms with van der Waals surface area (Å²) in [6, 6.07) is 4.27. The fraction of sp³-hybridized carbons (Fsp3) is 0.273. The van der Waals surface area contributed by atoms with E-state index in [4.69, 9.17) is 0 Å². The zero-order chi connectivity index (χ0) is 10.7. The third-order valence-electron chi connectivity index (χ3n) is 1.77. The number of allylic oxidation sites excluding steroid dienone is 1. The molecule has 76 valence electrons. The fourth-order valence-electron chi connectivity index (χ4n) is 1.15. The second kappa shape index (κ2) is 4.71. The van der Waals surface area contributed by atoms with Gasteiger partial charge < -0.3 is 5.11 Å². The molecule has 0 amide bonds. The smallest absolute Gasteiger partial charge is 0.123 e. The van der Waals surface area contributed by atoms with E-state index < -0.39 is 6.10 Å². The maximum Gasteiger partial charge on any atom is 0.123 e. The van der Waals surface area contributed by atoms with Gasteiger partial charge in [-0.3, -0.25) is 0 Å². The zero-order valence-electron chi connectivity index (χ0n) is 8.09. The van der Waals surface area contributed by atoms with E-state index >= 15 is 0 Å². The Morgan fingerprint density at radius 3 is 2.71 bits per heavy atom. The average molecular weight is 259 g/mol. The van der Waals surface area contributed by atoms with Crippen LogP contribution in [-0.4, -0.2) is 5.11 Å². The maximum absolute atomic E-state index is 12.9. The first-order chi connectivity index (χ1) is 6.50. The Kier molecular flexibility index (Phi) is 3.84. The van der Waals surface area contributed by atoms with Gasteiger partial charge >= 0.3 is 0 Å². The molecule has 3 heteroatoms. The molecular weight excluding hydrogens is 247 g/mol. The second-order valence-electron chi connectivity index (χ2n) is 3.35. The quantitative estimate of drug-likeness (QED) is 0.805. The van der Waals surface area contributed by atoms with Crippen LogP contribution in [0, 0.1) is 5.82 Å². The van der Waals surface area contributed by atoms with Gasteiger partial charge in [0.15, 0.2) is 0 Å². The summed E-state index contributed by atoms with van der Waals surface area (Å²) in [7, 11) is 0. The van der Waals surface area contributed by atoms with Crippen molar-refractivity contribution in [1.82, 2.24) is 0 Å². The van der Waals surface area contributed by atoms with Crippen molar-refractivity contribution >= 4 is 15.9 Å². The molecule has 0 saturated carbocycles. The molecule has 0 spiro atoms. The van der Waals surface area contributed by atoms with E-state index in [0.717, 1.165) is 5.57 Å². The van der Waals surface area contributed by atoms with Crippen molar-refractivity contribution in [3.8, 4) is 0 Å². The summed E-state index contributed by atoms with van der Waals surface area (Å²) in [4.78, 5) is 0. The summed E-state index contributed by atoms with van der Waals surface area (Å²) in [5.41, 5.74) is 1.54. The predicted octanol–water partition coefficient (Wildman–Crippen LogP) is 3.59. The Labute approximate surface area is 91.4 Å². The number of rotatable bonds is 2. The molecule has 1 atom stereocenters. The Morgan fingerprint density at radius 1 is 1.50 bits per heavy atom. The van der Waals surface area contributed by atoms with Gasteiger partial charge in [-0.2, -0.15) is 0 Å². The highest BCUT2D eigenvalue weighted by Gasteiger charge is 2.09. The standard InChI is InChI=1S/C11H12BrFO/c1-7(2)5-11(14)9-6-8(13)3-4-10(9)12/h3-6,11,14H,1-2H3. The number of halogens is 2.